The van der Waals surface area contributed by atoms with E-state index in [0.29, 0.717) is 19.6 Å². The van der Waals surface area contributed by atoms with Crippen LogP contribution < -0.4 is 5.73 Å². The van der Waals surface area contributed by atoms with Crippen molar-refractivity contribution < 1.29 is 19.0 Å². The summed E-state index contributed by atoms with van der Waals surface area (Å²) < 4.78 is 14.8. The molecule has 2 N–H and O–H groups in total. The lowest BCUT2D eigenvalue weighted by molar-refractivity contribution is -0.148. The maximum atomic E-state index is 11.3. The lowest BCUT2D eigenvalue weighted by Crippen LogP contribution is -2.48. The topological polar surface area (TPSA) is 70.8 Å². The standard InChI is InChI=1S/C10H21NO4/c1-8(15-6-5-13-3)7-10(2,11)9(12)14-4/h8H,5-7,11H2,1-4H3. The van der Waals surface area contributed by atoms with E-state index in [9.17, 15) is 4.79 Å². The van der Waals surface area contributed by atoms with Gasteiger partial charge in [0.2, 0.25) is 0 Å². The Kier molecular flexibility index (Phi) is 6.47. The van der Waals surface area contributed by atoms with Crippen LogP contribution in [-0.4, -0.2) is 45.0 Å². The molecule has 90 valence electrons. The van der Waals surface area contributed by atoms with Gasteiger partial charge in [0.1, 0.15) is 5.54 Å². The van der Waals surface area contributed by atoms with Crippen LogP contribution in [0.25, 0.3) is 0 Å². The maximum absolute atomic E-state index is 11.3. The molecule has 0 aromatic rings. The third kappa shape index (κ3) is 5.71. The number of esters is 1. The monoisotopic (exact) mass is 219 g/mol. The quantitative estimate of drug-likeness (QED) is 0.493. The van der Waals surface area contributed by atoms with Crippen molar-refractivity contribution in [3.8, 4) is 0 Å². The van der Waals surface area contributed by atoms with Crippen LogP contribution in [0.1, 0.15) is 20.3 Å². The fourth-order valence-corrected chi connectivity index (χ4v) is 1.31. The molecule has 0 heterocycles. The normalized spacial score (nSPS) is 16.9. The SMILES string of the molecule is COCCOC(C)CC(C)(N)C(=O)OC. The molecule has 0 aliphatic rings. The molecule has 0 aliphatic carbocycles. The molecule has 0 saturated carbocycles. The van der Waals surface area contributed by atoms with E-state index in [2.05, 4.69) is 4.74 Å². The predicted molar refractivity (Wildman–Crippen MR) is 56.5 cm³/mol. The van der Waals surface area contributed by atoms with Gasteiger partial charge in [0.25, 0.3) is 0 Å². The van der Waals surface area contributed by atoms with Crippen molar-refractivity contribution in [3.05, 3.63) is 0 Å². The first-order chi connectivity index (χ1) is 6.94. The summed E-state index contributed by atoms with van der Waals surface area (Å²) in [5.74, 6) is -0.426. The molecule has 0 spiro atoms. The minimum absolute atomic E-state index is 0.103. The Bertz CT molecular complexity index is 194. The molecule has 0 fully saturated rings. The van der Waals surface area contributed by atoms with Gasteiger partial charge in [-0.05, 0) is 13.8 Å². The first-order valence-electron chi connectivity index (χ1n) is 4.92. The summed E-state index contributed by atoms with van der Waals surface area (Å²) >= 11 is 0. The van der Waals surface area contributed by atoms with Crippen molar-refractivity contribution in [1.29, 1.82) is 0 Å². The van der Waals surface area contributed by atoms with Crippen molar-refractivity contribution in [2.45, 2.75) is 31.9 Å². The van der Waals surface area contributed by atoms with Gasteiger partial charge >= 0.3 is 5.97 Å². The Morgan fingerprint density at radius 3 is 2.47 bits per heavy atom. The van der Waals surface area contributed by atoms with Gasteiger partial charge in [-0.2, -0.15) is 0 Å². The van der Waals surface area contributed by atoms with Gasteiger partial charge in [-0.15, -0.1) is 0 Å². The number of nitrogens with two attached hydrogens (primary N) is 1. The molecule has 0 bridgehead atoms. The lowest BCUT2D eigenvalue weighted by Gasteiger charge is -2.25. The highest BCUT2D eigenvalue weighted by Crippen LogP contribution is 2.13. The molecule has 2 atom stereocenters. The predicted octanol–water partition coefficient (Wildman–Crippen LogP) is 0.318. The summed E-state index contributed by atoms with van der Waals surface area (Å²) in [4.78, 5) is 11.3. The number of methoxy groups -OCH3 is 2. The molecule has 5 nitrogen and oxygen atoms in total. The maximum Gasteiger partial charge on any atom is 0.325 e. The van der Waals surface area contributed by atoms with Crippen molar-refractivity contribution in [3.63, 3.8) is 0 Å². The summed E-state index contributed by atoms with van der Waals surface area (Å²) in [7, 11) is 2.93. The second-order valence-electron chi connectivity index (χ2n) is 3.79. The molecular weight excluding hydrogens is 198 g/mol. The highest BCUT2D eigenvalue weighted by atomic mass is 16.5. The molecule has 0 aromatic heterocycles. The van der Waals surface area contributed by atoms with Gasteiger partial charge in [-0.25, -0.2) is 0 Å². The number of hydrogen-bond donors (Lipinski definition) is 1. The summed E-state index contributed by atoms with van der Waals surface area (Å²) in [6.07, 6.45) is 0.317. The molecule has 15 heavy (non-hydrogen) atoms. The van der Waals surface area contributed by atoms with Gasteiger partial charge in [-0.1, -0.05) is 0 Å². The lowest BCUT2D eigenvalue weighted by atomic mass is 9.96. The largest absolute Gasteiger partial charge is 0.468 e. The average Bonchev–Trinajstić information content (AvgIpc) is 2.16. The highest BCUT2D eigenvalue weighted by Gasteiger charge is 2.31. The average molecular weight is 219 g/mol. The van der Waals surface area contributed by atoms with Gasteiger partial charge in [0.15, 0.2) is 0 Å². The van der Waals surface area contributed by atoms with Gasteiger partial charge < -0.3 is 19.9 Å². The fraction of sp³-hybridized carbons (Fsp3) is 0.900. The van der Waals surface area contributed by atoms with E-state index >= 15 is 0 Å². The van der Waals surface area contributed by atoms with Crippen molar-refractivity contribution in [1.82, 2.24) is 0 Å². The molecule has 0 radical (unpaired) electrons. The number of ether oxygens (including phenoxy) is 3. The second kappa shape index (κ2) is 6.76. The molecule has 0 amide bonds. The minimum Gasteiger partial charge on any atom is -0.468 e. The van der Waals surface area contributed by atoms with E-state index in [1.54, 1.807) is 14.0 Å². The highest BCUT2D eigenvalue weighted by molar-refractivity contribution is 5.79. The summed E-state index contributed by atoms with van der Waals surface area (Å²) in [6.45, 7) is 4.53. The zero-order chi connectivity index (χ0) is 11.9. The second-order valence-corrected chi connectivity index (χ2v) is 3.79. The third-order valence-corrected chi connectivity index (χ3v) is 2.05. The Hall–Kier alpha value is -0.650. The Morgan fingerprint density at radius 2 is 2.00 bits per heavy atom. The van der Waals surface area contributed by atoms with Crippen LogP contribution in [0.2, 0.25) is 0 Å². The number of rotatable bonds is 7. The summed E-state index contributed by atoms with van der Waals surface area (Å²) in [5.41, 5.74) is 4.79. The Balaban J connectivity index is 3.93. The summed E-state index contributed by atoms with van der Waals surface area (Å²) in [6, 6.07) is 0. The molecular formula is C10H21NO4. The van der Waals surface area contributed by atoms with Gasteiger partial charge in [-0.3, -0.25) is 4.79 Å². The molecule has 0 aliphatic heterocycles. The van der Waals surface area contributed by atoms with Crippen LogP contribution in [-0.2, 0) is 19.0 Å². The third-order valence-electron chi connectivity index (χ3n) is 2.05. The van der Waals surface area contributed by atoms with Crippen LogP contribution in [0.4, 0.5) is 0 Å². The number of hydrogen-bond acceptors (Lipinski definition) is 5. The van der Waals surface area contributed by atoms with Gasteiger partial charge in [0.05, 0.1) is 26.4 Å². The first-order valence-corrected chi connectivity index (χ1v) is 4.92. The molecule has 0 saturated heterocycles. The van der Waals surface area contributed by atoms with E-state index in [1.165, 1.54) is 7.11 Å². The zero-order valence-electron chi connectivity index (χ0n) is 9.91. The molecule has 2 unspecified atom stereocenters. The van der Waals surface area contributed by atoms with Crippen LogP contribution in [0.3, 0.4) is 0 Å². The first kappa shape index (κ1) is 14.3. The fourth-order valence-electron chi connectivity index (χ4n) is 1.31. The number of carbonyl (C=O) groups is 1. The van der Waals surface area contributed by atoms with Gasteiger partial charge in [0, 0.05) is 13.5 Å². The number of carbonyl (C=O) groups excluding carboxylic acids is 1. The molecule has 5 heteroatoms. The van der Waals surface area contributed by atoms with Crippen LogP contribution in [0.15, 0.2) is 0 Å². The smallest absolute Gasteiger partial charge is 0.325 e. The van der Waals surface area contributed by atoms with E-state index < -0.39 is 11.5 Å². The van der Waals surface area contributed by atoms with E-state index in [1.807, 2.05) is 6.92 Å². The molecule has 0 aromatic carbocycles. The zero-order valence-corrected chi connectivity index (χ0v) is 9.91. The summed E-state index contributed by atoms with van der Waals surface area (Å²) in [5, 5.41) is 0. The van der Waals surface area contributed by atoms with Crippen molar-refractivity contribution >= 4 is 5.97 Å². The van der Waals surface area contributed by atoms with Crippen LogP contribution in [0, 0.1) is 0 Å². The molecule has 0 rings (SSSR count). The minimum atomic E-state index is -0.999. The van der Waals surface area contributed by atoms with E-state index in [0.717, 1.165) is 0 Å². The van der Waals surface area contributed by atoms with Crippen molar-refractivity contribution in [2.24, 2.45) is 5.73 Å². The van der Waals surface area contributed by atoms with E-state index in [-0.39, 0.29) is 6.10 Å². The van der Waals surface area contributed by atoms with Crippen molar-refractivity contribution in [2.75, 3.05) is 27.4 Å². The Morgan fingerprint density at radius 1 is 1.40 bits per heavy atom. The van der Waals surface area contributed by atoms with Crippen LogP contribution in [0.5, 0.6) is 0 Å². The Labute approximate surface area is 90.9 Å². The van der Waals surface area contributed by atoms with Crippen LogP contribution >= 0.6 is 0 Å². The van der Waals surface area contributed by atoms with E-state index in [4.69, 9.17) is 15.2 Å².